The summed E-state index contributed by atoms with van der Waals surface area (Å²) in [6.07, 6.45) is 4.20. The molecule has 0 aliphatic carbocycles. The summed E-state index contributed by atoms with van der Waals surface area (Å²) in [6.45, 7) is 2.87. The molecule has 1 aromatic rings. The lowest BCUT2D eigenvalue weighted by molar-refractivity contribution is -0.0259. The molecule has 2 aliphatic rings. The van der Waals surface area contributed by atoms with Gasteiger partial charge in [-0.15, -0.1) is 0 Å². The van der Waals surface area contributed by atoms with Crippen LogP contribution in [-0.4, -0.2) is 43.4 Å². The summed E-state index contributed by atoms with van der Waals surface area (Å²) in [5, 5.41) is 3.11. The number of aromatic amines is 1. The second-order valence-corrected chi connectivity index (χ2v) is 6.53. The average molecular weight is 341 g/mol. The van der Waals surface area contributed by atoms with Crippen LogP contribution in [0, 0.1) is 11.8 Å². The average Bonchev–Trinajstić information content (AvgIpc) is 2.58. The van der Waals surface area contributed by atoms with Crippen LogP contribution in [0.4, 0.5) is 0 Å². The van der Waals surface area contributed by atoms with Crippen LogP contribution < -0.4 is 10.9 Å². The lowest BCUT2D eigenvalue weighted by atomic mass is 9.79. The molecule has 3 heterocycles. The predicted octanol–water partition coefficient (Wildman–Crippen LogP) is 1.59. The maximum Gasteiger partial charge on any atom is 0.266 e. The molecule has 2 atom stereocenters. The molecule has 6 nitrogen and oxygen atoms in total. The second kappa shape index (κ2) is 7.47. The highest BCUT2D eigenvalue weighted by Crippen LogP contribution is 2.30. The number of H-pyrrole nitrogens is 1. The van der Waals surface area contributed by atoms with Gasteiger partial charge in [-0.3, -0.25) is 9.59 Å². The van der Waals surface area contributed by atoms with Gasteiger partial charge >= 0.3 is 0 Å². The molecule has 0 aromatic carbocycles. The van der Waals surface area contributed by atoms with Gasteiger partial charge in [0.15, 0.2) is 0 Å². The molecule has 3 rings (SSSR count). The van der Waals surface area contributed by atoms with Crippen molar-refractivity contribution in [2.24, 2.45) is 11.8 Å². The summed E-state index contributed by atoms with van der Waals surface area (Å²) < 4.78 is 11.1. The lowest BCUT2D eigenvalue weighted by Gasteiger charge is -2.39. The Hall–Kier alpha value is -1.37. The molecule has 2 fully saturated rings. The van der Waals surface area contributed by atoms with E-state index in [-0.39, 0.29) is 17.0 Å². The molecule has 1 amide bonds. The summed E-state index contributed by atoms with van der Waals surface area (Å²) in [4.78, 5) is 26.2. The number of rotatable bonds is 3. The van der Waals surface area contributed by atoms with Crippen molar-refractivity contribution >= 4 is 17.5 Å². The Morgan fingerprint density at radius 1 is 1.22 bits per heavy atom. The maximum absolute atomic E-state index is 12.4. The van der Waals surface area contributed by atoms with E-state index in [0.717, 1.165) is 32.5 Å². The predicted molar refractivity (Wildman–Crippen MR) is 85.8 cm³/mol. The van der Waals surface area contributed by atoms with Crippen LogP contribution in [0.25, 0.3) is 0 Å². The molecular formula is C16H21ClN2O4. The van der Waals surface area contributed by atoms with Crippen LogP contribution in [0.15, 0.2) is 17.1 Å². The van der Waals surface area contributed by atoms with Crippen molar-refractivity contribution in [1.82, 2.24) is 10.3 Å². The zero-order valence-corrected chi connectivity index (χ0v) is 13.6. The molecule has 1 aromatic heterocycles. The molecule has 126 valence electrons. The Balaban J connectivity index is 1.69. The summed E-state index contributed by atoms with van der Waals surface area (Å²) in [7, 11) is 0. The smallest absolute Gasteiger partial charge is 0.266 e. The third kappa shape index (κ3) is 3.94. The Bertz CT molecular complexity index is 612. The second-order valence-electron chi connectivity index (χ2n) is 6.12. The molecule has 2 N–H and O–H groups in total. The molecule has 7 heteroatoms. The van der Waals surface area contributed by atoms with E-state index in [2.05, 4.69) is 10.3 Å². The molecule has 0 spiro atoms. The minimum absolute atomic E-state index is 0.0191. The summed E-state index contributed by atoms with van der Waals surface area (Å²) >= 11 is 5.79. The van der Waals surface area contributed by atoms with Crippen LogP contribution in [-0.2, 0) is 9.47 Å². The number of hydrogen-bond donors (Lipinski definition) is 2. The van der Waals surface area contributed by atoms with Crippen molar-refractivity contribution < 1.29 is 14.3 Å². The first kappa shape index (κ1) is 16.5. The fraction of sp³-hybridized carbons (Fsp3) is 0.625. The third-order valence-corrected chi connectivity index (χ3v) is 4.99. The van der Waals surface area contributed by atoms with E-state index >= 15 is 0 Å². The molecule has 0 bridgehead atoms. The maximum atomic E-state index is 12.4. The quantitative estimate of drug-likeness (QED) is 0.875. The highest BCUT2D eigenvalue weighted by atomic mass is 35.5. The van der Waals surface area contributed by atoms with E-state index in [0.29, 0.717) is 30.6 Å². The zero-order valence-electron chi connectivity index (χ0n) is 12.8. The van der Waals surface area contributed by atoms with E-state index in [1.165, 1.54) is 12.3 Å². The number of aromatic nitrogens is 1. The Labute approximate surface area is 139 Å². The number of ether oxygens (including phenoxy) is 2. The summed E-state index contributed by atoms with van der Waals surface area (Å²) in [5.74, 6) is 0.593. The van der Waals surface area contributed by atoms with Crippen LogP contribution in [0.2, 0.25) is 5.02 Å². The van der Waals surface area contributed by atoms with Gasteiger partial charge < -0.3 is 19.8 Å². The van der Waals surface area contributed by atoms with Gasteiger partial charge in [0.1, 0.15) is 5.02 Å². The van der Waals surface area contributed by atoms with Gasteiger partial charge in [-0.2, -0.15) is 0 Å². The number of carbonyl (C=O) groups excluding carboxylic acids is 1. The third-order valence-electron chi connectivity index (χ3n) is 4.71. The van der Waals surface area contributed by atoms with Crippen LogP contribution in [0.5, 0.6) is 0 Å². The monoisotopic (exact) mass is 340 g/mol. The van der Waals surface area contributed by atoms with Gasteiger partial charge in [0.2, 0.25) is 0 Å². The Kier molecular flexibility index (Phi) is 5.35. The van der Waals surface area contributed by atoms with Gasteiger partial charge in [-0.1, -0.05) is 11.6 Å². The van der Waals surface area contributed by atoms with Crippen molar-refractivity contribution in [2.75, 3.05) is 26.4 Å². The van der Waals surface area contributed by atoms with Gasteiger partial charge in [0.05, 0.1) is 12.2 Å². The first-order valence-corrected chi connectivity index (χ1v) is 8.37. The summed E-state index contributed by atoms with van der Waals surface area (Å²) in [5.41, 5.74) is -0.0267. The number of hydrogen-bond acceptors (Lipinski definition) is 4. The number of pyridine rings is 1. The highest BCUT2D eigenvalue weighted by Gasteiger charge is 2.34. The molecule has 2 aliphatic heterocycles. The lowest BCUT2D eigenvalue weighted by Crippen LogP contribution is -2.49. The van der Waals surface area contributed by atoms with Crippen molar-refractivity contribution in [3.8, 4) is 0 Å². The van der Waals surface area contributed by atoms with Crippen LogP contribution in [0.1, 0.15) is 29.6 Å². The highest BCUT2D eigenvalue weighted by molar-refractivity contribution is 6.30. The molecule has 0 saturated carbocycles. The van der Waals surface area contributed by atoms with E-state index in [9.17, 15) is 9.59 Å². The number of carbonyl (C=O) groups is 1. The first-order valence-electron chi connectivity index (χ1n) is 7.99. The Morgan fingerprint density at radius 3 is 2.70 bits per heavy atom. The topological polar surface area (TPSA) is 80.4 Å². The minimum atomic E-state index is -0.394. The van der Waals surface area contributed by atoms with Gasteiger partial charge in [0.25, 0.3) is 11.5 Å². The molecule has 23 heavy (non-hydrogen) atoms. The normalized spacial score (nSPS) is 26.0. The zero-order chi connectivity index (χ0) is 16.2. The molecule has 0 radical (unpaired) electrons. The van der Waals surface area contributed by atoms with Gasteiger partial charge in [-0.05, 0) is 31.2 Å². The summed E-state index contributed by atoms with van der Waals surface area (Å²) in [6, 6.07) is 1.48. The molecule has 0 unspecified atom stereocenters. The van der Waals surface area contributed by atoms with E-state index in [1.54, 1.807) is 0 Å². The number of nitrogens with one attached hydrogen (secondary N) is 2. The molecule has 2 saturated heterocycles. The standard InChI is InChI=1S/C16H21ClN2O4/c17-13-7-11(8-18-16(13)21)15(20)19-14-3-6-23-9-12(14)10-1-4-22-5-2-10/h7-8,10,12,14H,1-6,9H2,(H,18,21)(H,19,20)/t12-,14-/m0/s1. The van der Waals surface area contributed by atoms with Gasteiger partial charge in [-0.25, -0.2) is 0 Å². The first-order chi connectivity index (χ1) is 11.1. The molecular weight excluding hydrogens is 320 g/mol. The number of halogens is 1. The fourth-order valence-corrected chi connectivity index (χ4v) is 3.56. The van der Waals surface area contributed by atoms with E-state index in [4.69, 9.17) is 21.1 Å². The van der Waals surface area contributed by atoms with Crippen molar-refractivity contribution in [2.45, 2.75) is 25.3 Å². The van der Waals surface area contributed by atoms with E-state index in [1.807, 2.05) is 0 Å². The largest absolute Gasteiger partial charge is 0.381 e. The number of amides is 1. The minimum Gasteiger partial charge on any atom is -0.381 e. The van der Waals surface area contributed by atoms with Crippen LogP contribution >= 0.6 is 11.6 Å². The van der Waals surface area contributed by atoms with Crippen molar-refractivity contribution in [3.05, 3.63) is 33.2 Å². The van der Waals surface area contributed by atoms with Crippen molar-refractivity contribution in [3.63, 3.8) is 0 Å². The SMILES string of the molecule is O=C(N[C@H]1CCOC[C@H]1C1CCOCC1)c1c[nH]c(=O)c(Cl)c1. The Morgan fingerprint density at radius 2 is 1.96 bits per heavy atom. The van der Waals surface area contributed by atoms with E-state index < -0.39 is 5.56 Å². The van der Waals surface area contributed by atoms with Gasteiger partial charge in [0, 0.05) is 38.0 Å². The van der Waals surface area contributed by atoms with Crippen LogP contribution in [0.3, 0.4) is 0 Å². The fourth-order valence-electron chi connectivity index (χ4n) is 3.39. The van der Waals surface area contributed by atoms with Crippen molar-refractivity contribution in [1.29, 1.82) is 0 Å².